The fourth-order valence-corrected chi connectivity index (χ4v) is 0.904. The summed E-state index contributed by atoms with van der Waals surface area (Å²) < 4.78 is 0. The maximum atomic E-state index is 5.34. The average Bonchev–Trinajstić information content (AvgIpc) is 2.18. The molecule has 0 spiro atoms. The first-order valence-electron chi connectivity index (χ1n) is 5.88. The maximum Gasteiger partial charge on any atom is -0.00369 e. The van der Waals surface area contributed by atoms with E-state index in [0.717, 1.165) is 32.6 Å². The van der Waals surface area contributed by atoms with E-state index < -0.39 is 0 Å². The van der Waals surface area contributed by atoms with Crippen molar-refractivity contribution >= 4 is 0 Å². The quantitative estimate of drug-likeness (QED) is 0.522. The molecule has 3 heteroatoms. The van der Waals surface area contributed by atoms with Crippen molar-refractivity contribution in [3.8, 4) is 0 Å². The van der Waals surface area contributed by atoms with E-state index in [-0.39, 0.29) is 0 Å². The Morgan fingerprint density at radius 2 is 1.43 bits per heavy atom. The summed E-state index contributed by atoms with van der Waals surface area (Å²) in [6.07, 6.45) is 4.85. The van der Waals surface area contributed by atoms with Crippen LogP contribution in [0.5, 0.6) is 0 Å². The number of unbranched alkanes of at least 4 members (excludes halogenated alkanes) is 1. The Labute approximate surface area is 89.8 Å². The summed E-state index contributed by atoms with van der Waals surface area (Å²) >= 11 is 0. The molecule has 0 aromatic rings. The van der Waals surface area contributed by atoms with Crippen molar-refractivity contribution in [1.82, 2.24) is 10.6 Å². The van der Waals surface area contributed by atoms with Gasteiger partial charge in [0.25, 0.3) is 0 Å². The molecule has 14 heavy (non-hydrogen) atoms. The molecule has 0 heterocycles. The number of hydrogen-bond acceptors (Lipinski definition) is 3. The van der Waals surface area contributed by atoms with Gasteiger partial charge in [-0.3, -0.25) is 0 Å². The van der Waals surface area contributed by atoms with Crippen molar-refractivity contribution in [2.24, 2.45) is 5.73 Å². The summed E-state index contributed by atoms with van der Waals surface area (Å²) in [5.74, 6) is 0. The Kier molecular flexibility index (Phi) is 21.7. The van der Waals surface area contributed by atoms with E-state index in [9.17, 15) is 0 Å². The molecule has 0 atom stereocenters. The summed E-state index contributed by atoms with van der Waals surface area (Å²) in [4.78, 5) is 0. The molecule has 0 saturated carbocycles. The predicted molar refractivity (Wildman–Crippen MR) is 65.7 cm³/mol. The molecule has 0 aromatic heterocycles. The van der Waals surface area contributed by atoms with Crippen molar-refractivity contribution in [3.63, 3.8) is 0 Å². The van der Waals surface area contributed by atoms with Gasteiger partial charge in [-0.2, -0.15) is 0 Å². The van der Waals surface area contributed by atoms with Gasteiger partial charge < -0.3 is 16.4 Å². The molecular formula is C11H29N3. The molecule has 3 nitrogen and oxygen atoms in total. The van der Waals surface area contributed by atoms with Crippen molar-refractivity contribution in [2.75, 3.05) is 33.2 Å². The summed E-state index contributed by atoms with van der Waals surface area (Å²) in [5.41, 5.74) is 5.34. The standard InChI is InChI=1S/C8H21N3.C3H8/c1-10-6-2-3-7-11-8-4-5-9;1-3-2/h10-11H,2-9H2,1H3;3H2,1-2H3. The van der Waals surface area contributed by atoms with Crippen LogP contribution in [0.3, 0.4) is 0 Å². The van der Waals surface area contributed by atoms with Crippen LogP contribution in [-0.4, -0.2) is 33.2 Å². The molecule has 0 bridgehead atoms. The molecule has 0 aliphatic carbocycles. The minimum Gasteiger partial charge on any atom is -0.330 e. The van der Waals surface area contributed by atoms with E-state index in [1.54, 1.807) is 0 Å². The van der Waals surface area contributed by atoms with Gasteiger partial charge in [0.15, 0.2) is 0 Å². The summed E-state index contributed by atoms with van der Waals surface area (Å²) in [6, 6.07) is 0. The normalized spacial score (nSPS) is 9.43. The van der Waals surface area contributed by atoms with Crippen LogP contribution in [0.2, 0.25) is 0 Å². The lowest BCUT2D eigenvalue weighted by atomic mass is 10.3. The zero-order valence-electron chi connectivity index (χ0n) is 10.2. The third-order valence-corrected chi connectivity index (χ3v) is 1.59. The zero-order chi connectivity index (χ0) is 11.1. The fourth-order valence-electron chi connectivity index (χ4n) is 0.904. The Hall–Kier alpha value is -0.120. The largest absolute Gasteiger partial charge is 0.330 e. The Morgan fingerprint density at radius 1 is 0.929 bits per heavy atom. The molecule has 0 unspecified atom stereocenters. The minimum atomic E-state index is 0.795. The highest BCUT2D eigenvalue weighted by atomic mass is 14.9. The lowest BCUT2D eigenvalue weighted by Crippen LogP contribution is -2.20. The smallest absolute Gasteiger partial charge is 0.00369 e. The van der Waals surface area contributed by atoms with Gasteiger partial charge in [-0.1, -0.05) is 20.3 Å². The third kappa shape index (κ3) is 22.6. The van der Waals surface area contributed by atoms with Crippen molar-refractivity contribution in [1.29, 1.82) is 0 Å². The molecule has 88 valence electrons. The predicted octanol–water partition coefficient (Wildman–Crippen LogP) is 1.34. The number of hydrogen-bond donors (Lipinski definition) is 3. The Morgan fingerprint density at radius 3 is 1.93 bits per heavy atom. The molecular weight excluding hydrogens is 174 g/mol. The maximum absolute atomic E-state index is 5.34. The second-order valence-corrected chi connectivity index (χ2v) is 3.41. The van der Waals surface area contributed by atoms with Crippen LogP contribution in [0.1, 0.15) is 39.5 Å². The van der Waals surface area contributed by atoms with E-state index in [1.807, 2.05) is 7.05 Å². The lowest BCUT2D eigenvalue weighted by molar-refractivity contribution is 0.594. The summed E-state index contributed by atoms with van der Waals surface area (Å²) in [6.45, 7) is 8.36. The van der Waals surface area contributed by atoms with Gasteiger partial charge in [0, 0.05) is 0 Å². The van der Waals surface area contributed by atoms with Gasteiger partial charge >= 0.3 is 0 Å². The first-order chi connectivity index (χ1) is 6.83. The monoisotopic (exact) mass is 203 g/mol. The van der Waals surface area contributed by atoms with Crippen LogP contribution >= 0.6 is 0 Å². The third-order valence-electron chi connectivity index (χ3n) is 1.59. The van der Waals surface area contributed by atoms with E-state index in [2.05, 4.69) is 24.5 Å². The van der Waals surface area contributed by atoms with Gasteiger partial charge in [-0.15, -0.1) is 0 Å². The molecule has 0 rings (SSSR count). The van der Waals surface area contributed by atoms with Gasteiger partial charge in [0.05, 0.1) is 0 Å². The summed E-state index contributed by atoms with van der Waals surface area (Å²) in [7, 11) is 1.99. The first kappa shape index (κ1) is 16.3. The lowest BCUT2D eigenvalue weighted by Gasteiger charge is -2.02. The van der Waals surface area contributed by atoms with Gasteiger partial charge in [-0.05, 0) is 52.5 Å². The highest BCUT2D eigenvalue weighted by Crippen LogP contribution is 1.83. The number of rotatable bonds is 8. The van der Waals surface area contributed by atoms with Crippen LogP contribution in [0, 0.1) is 0 Å². The SMILES string of the molecule is CCC.CNCCCCNCCCN. The molecule has 0 aromatic carbocycles. The highest BCUT2D eigenvalue weighted by Gasteiger charge is 1.86. The van der Waals surface area contributed by atoms with Crippen LogP contribution in [0.15, 0.2) is 0 Å². The second kappa shape index (κ2) is 18.6. The van der Waals surface area contributed by atoms with E-state index >= 15 is 0 Å². The molecule has 0 radical (unpaired) electrons. The highest BCUT2D eigenvalue weighted by molar-refractivity contribution is 4.50. The van der Waals surface area contributed by atoms with Crippen LogP contribution in [0.4, 0.5) is 0 Å². The second-order valence-electron chi connectivity index (χ2n) is 3.41. The van der Waals surface area contributed by atoms with Gasteiger partial charge in [0.2, 0.25) is 0 Å². The summed E-state index contributed by atoms with van der Waals surface area (Å²) in [5, 5.41) is 6.46. The fraction of sp³-hybridized carbons (Fsp3) is 1.00. The zero-order valence-corrected chi connectivity index (χ0v) is 10.2. The first-order valence-corrected chi connectivity index (χ1v) is 5.88. The minimum absolute atomic E-state index is 0.795. The Bertz CT molecular complexity index is 68.9. The van der Waals surface area contributed by atoms with Crippen molar-refractivity contribution in [2.45, 2.75) is 39.5 Å². The molecule has 0 amide bonds. The topological polar surface area (TPSA) is 50.1 Å². The molecule has 4 N–H and O–H groups in total. The van der Waals surface area contributed by atoms with Crippen LogP contribution < -0.4 is 16.4 Å². The molecule has 0 fully saturated rings. The van der Waals surface area contributed by atoms with Crippen molar-refractivity contribution in [3.05, 3.63) is 0 Å². The van der Waals surface area contributed by atoms with E-state index in [0.29, 0.717) is 0 Å². The van der Waals surface area contributed by atoms with E-state index in [4.69, 9.17) is 5.73 Å². The van der Waals surface area contributed by atoms with Gasteiger partial charge in [0.1, 0.15) is 0 Å². The molecule has 0 saturated heterocycles. The Balaban J connectivity index is 0. The van der Waals surface area contributed by atoms with Crippen molar-refractivity contribution < 1.29 is 0 Å². The number of nitrogens with one attached hydrogen (secondary N) is 2. The van der Waals surface area contributed by atoms with E-state index in [1.165, 1.54) is 19.3 Å². The molecule has 0 aliphatic heterocycles. The number of nitrogens with two attached hydrogens (primary N) is 1. The molecule has 0 aliphatic rings. The van der Waals surface area contributed by atoms with Crippen LogP contribution in [-0.2, 0) is 0 Å². The average molecular weight is 203 g/mol. The van der Waals surface area contributed by atoms with Crippen LogP contribution in [0.25, 0.3) is 0 Å². The van der Waals surface area contributed by atoms with Gasteiger partial charge in [-0.25, -0.2) is 0 Å².